The number of benzene rings is 3. The highest BCUT2D eigenvalue weighted by molar-refractivity contribution is 7.22. The van der Waals surface area contributed by atoms with Gasteiger partial charge < -0.3 is 15.2 Å². The molecule has 0 atom stereocenters. The Labute approximate surface area is 190 Å². The molecule has 31 heavy (non-hydrogen) atoms. The van der Waals surface area contributed by atoms with Gasteiger partial charge >= 0.3 is 5.97 Å². The molecule has 4 nitrogen and oxygen atoms in total. The minimum absolute atomic E-state index is 0.170. The first kappa shape index (κ1) is 21.4. The molecule has 0 amide bonds. The van der Waals surface area contributed by atoms with E-state index in [0.717, 1.165) is 42.2 Å². The second-order valence-electron chi connectivity index (χ2n) is 7.16. The number of hydrogen-bond donors (Lipinski definition) is 1. The summed E-state index contributed by atoms with van der Waals surface area (Å²) in [6.07, 6.45) is 0.170. The lowest BCUT2D eigenvalue weighted by Crippen LogP contribution is -2.06. The maximum atomic E-state index is 11.7. The molecule has 0 unspecified atom stereocenters. The van der Waals surface area contributed by atoms with E-state index in [2.05, 4.69) is 24.3 Å². The Balaban J connectivity index is 1.67. The van der Waals surface area contributed by atoms with Crippen molar-refractivity contribution in [3.63, 3.8) is 0 Å². The minimum Gasteiger partial charge on any atom is -0.489 e. The summed E-state index contributed by atoms with van der Waals surface area (Å²) < 4.78 is 12.7. The number of methoxy groups -OCH3 is 1. The summed E-state index contributed by atoms with van der Waals surface area (Å²) in [5, 5.41) is 1.11. The molecule has 0 aliphatic carbocycles. The Morgan fingerprint density at radius 3 is 2.68 bits per heavy atom. The number of ether oxygens (including phenoxy) is 2. The van der Waals surface area contributed by atoms with Crippen LogP contribution in [0.1, 0.15) is 16.7 Å². The van der Waals surface area contributed by atoms with Crippen LogP contribution in [0.15, 0.2) is 66.7 Å². The van der Waals surface area contributed by atoms with Crippen molar-refractivity contribution in [2.24, 2.45) is 5.73 Å². The van der Waals surface area contributed by atoms with Gasteiger partial charge in [-0.3, -0.25) is 4.79 Å². The van der Waals surface area contributed by atoms with Crippen molar-refractivity contribution in [2.45, 2.75) is 19.6 Å². The molecule has 1 aromatic heterocycles. The highest BCUT2D eigenvalue weighted by Gasteiger charge is 2.13. The number of para-hydroxylation sites is 1. The van der Waals surface area contributed by atoms with Crippen molar-refractivity contribution in [3.8, 4) is 16.9 Å². The van der Waals surface area contributed by atoms with Crippen molar-refractivity contribution >= 4 is 39.0 Å². The molecule has 0 saturated heterocycles. The second-order valence-corrected chi connectivity index (χ2v) is 8.87. The van der Waals surface area contributed by atoms with Crippen molar-refractivity contribution in [2.75, 3.05) is 7.11 Å². The summed E-state index contributed by atoms with van der Waals surface area (Å²) in [6, 6.07) is 22.0. The average molecular weight is 452 g/mol. The monoisotopic (exact) mass is 451 g/mol. The SMILES string of the molecule is COC(=O)Cc1ccccc1OCc1cc(-c2cccc(CN)c2)c2cc(Cl)sc2c1. The molecule has 0 fully saturated rings. The van der Waals surface area contributed by atoms with Crippen molar-refractivity contribution in [3.05, 3.63) is 87.8 Å². The zero-order chi connectivity index (χ0) is 21.8. The molecule has 6 heteroatoms. The molecule has 158 valence electrons. The van der Waals surface area contributed by atoms with Crippen LogP contribution in [0.3, 0.4) is 0 Å². The van der Waals surface area contributed by atoms with Crippen LogP contribution in [-0.4, -0.2) is 13.1 Å². The summed E-state index contributed by atoms with van der Waals surface area (Å²) >= 11 is 7.88. The number of hydrogen-bond acceptors (Lipinski definition) is 5. The van der Waals surface area contributed by atoms with Crippen LogP contribution in [0.5, 0.6) is 5.75 Å². The summed E-state index contributed by atoms with van der Waals surface area (Å²) in [6.45, 7) is 0.856. The molecule has 2 N–H and O–H groups in total. The van der Waals surface area contributed by atoms with E-state index in [-0.39, 0.29) is 12.4 Å². The van der Waals surface area contributed by atoms with Gasteiger partial charge in [0.25, 0.3) is 0 Å². The molecular formula is C25H22ClNO3S. The van der Waals surface area contributed by atoms with Gasteiger partial charge in [-0.25, -0.2) is 0 Å². The number of rotatable bonds is 7. The lowest BCUT2D eigenvalue weighted by atomic mass is 9.98. The van der Waals surface area contributed by atoms with Crippen molar-refractivity contribution < 1.29 is 14.3 Å². The lowest BCUT2D eigenvalue weighted by Gasteiger charge is -2.13. The van der Waals surface area contributed by atoms with Gasteiger partial charge in [0, 0.05) is 22.2 Å². The van der Waals surface area contributed by atoms with Gasteiger partial charge in [0.2, 0.25) is 0 Å². The fourth-order valence-corrected chi connectivity index (χ4v) is 4.77. The van der Waals surface area contributed by atoms with E-state index in [4.69, 9.17) is 26.8 Å². The van der Waals surface area contributed by atoms with Gasteiger partial charge in [0.05, 0.1) is 17.9 Å². The molecule has 0 aliphatic rings. The quantitative estimate of drug-likeness (QED) is 0.351. The van der Waals surface area contributed by atoms with E-state index >= 15 is 0 Å². The first-order valence-electron chi connectivity index (χ1n) is 9.86. The maximum Gasteiger partial charge on any atom is 0.310 e. The Bertz CT molecular complexity index is 1230. The van der Waals surface area contributed by atoms with E-state index in [0.29, 0.717) is 18.9 Å². The summed E-state index contributed by atoms with van der Waals surface area (Å²) in [5.41, 5.74) is 10.9. The fourth-order valence-electron chi connectivity index (χ4n) is 3.53. The Morgan fingerprint density at radius 1 is 1.03 bits per heavy atom. The Kier molecular flexibility index (Phi) is 6.56. The largest absolute Gasteiger partial charge is 0.489 e. The highest BCUT2D eigenvalue weighted by Crippen LogP contribution is 2.38. The lowest BCUT2D eigenvalue weighted by molar-refractivity contribution is -0.139. The number of carbonyl (C=O) groups excluding carboxylic acids is 1. The molecule has 0 aliphatic heterocycles. The standard InChI is InChI=1S/C25H22ClNO3S/c1-29-25(28)12-19-6-2-3-8-22(19)30-15-17-10-20(18-7-4-5-16(9-18)14-27)21-13-24(26)31-23(21)11-17/h2-11,13H,12,14-15,27H2,1H3. The molecule has 0 saturated carbocycles. The number of fused-ring (bicyclic) bond motifs is 1. The van der Waals surface area contributed by atoms with Crippen LogP contribution in [0.25, 0.3) is 21.2 Å². The van der Waals surface area contributed by atoms with Gasteiger partial charge in [-0.2, -0.15) is 0 Å². The van der Waals surface area contributed by atoms with Crippen LogP contribution < -0.4 is 10.5 Å². The highest BCUT2D eigenvalue weighted by atomic mass is 35.5. The molecule has 3 aromatic carbocycles. The summed E-state index contributed by atoms with van der Waals surface area (Å²) in [7, 11) is 1.38. The Morgan fingerprint density at radius 2 is 1.87 bits per heavy atom. The van der Waals surface area contributed by atoms with E-state index in [1.165, 1.54) is 7.11 Å². The molecule has 1 heterocycles. The van der Waals surface area contributed by atoms with Crippen LogP contribution in [0.2, 0.25) is 4.34 Å². The van der Waals surface area contributed by atoms with Gasteiger partial charge in [0.1, 0.15) is 12.4 Å². The first-order valence-corrected chi connectivity index (χ1v) is 11.1. The Hall–Kier alpha value is -2.86. The normalized spacial score (nSPS) is 10.9. The number of esters is 1. The molecule has 0 radical (unpaired) electrons. The fraction of sp³-hybridized carbons (Fsp3) is 0.160. The number of halogens is 1. The van der Waals surface area contributed by atoms with Gasteiger partial charge in [-0.1, -0.05) is 48.0 Å². The summed E-state index contributed by atoms with van der Waals surface area (Å²) in [4.78, 5) is 11.7. The molecule has 0 bridgehead atoms. The predicted octanol–water partition coefficient (Wildman–Crippen LogP) is 5.97. The minimum atomic E-state index is -0.298. The van der Waals surface area contributed by atoms with Crippen molar-refractivity contribution in [1.82, 2.24) is 0 Å². The predicted molar refractivity (Wildman–Crippen MR) is 127 cm³/mol. The number of carbonyl (C=O) groups is 1. The topological polar surface area (TPSA) is 61.5 Å². The van der Waals surface area contributed by atoms with Gasteiger partial charge in [-0.05, 0) is 52.6 Å². The second kappa shape index (κ2) is 9.52. The number of nitrogens with two attached hydrogens (primary N) is 1. The first-order chi connectivity index (χ1) is 15.1. The van der Waals surface area contributed by atoms with Crippen LogP contribution in [0.4, 0.5) is 0 Å². The van der Waals surface area contributed by atoms with E-state index < -0.39 is 0 Å². The van der Waals surface area contributed by atoms with Crippen LogP contribution in [-0.2, 0) is 29.1 Å². The molecular weight excluding hydrogens is 430 g/mol. The van der Waals surface area contributed by atoms with E-state index in [1.54, 1.807) is 11.3 Å². The van der Waals surface area contributed by atoms with E-state index in [1.807, 2.05) is 42.5 Å². The molecule has 0 spiro atoms. The third-order valence-corrected chi connectivity index (χ3v) is 6.28. The summed E-state index contributed by atoms with van der Waals surface area (Å²) in [5.74, 6) is 0.372. The zero-order valence-electron chi connectivity index (χ0n) is 17.1. The third kappa shape index (κ3) is 4.90. The molecule has 4 aromatic rings. The average Bonchev–Trinajstić information content (AvgIpc) is 3.17. The van der Waals surface area contributed by atoms with E-state index in [9.17, 15) is 4.79 Å². The maximum absolute atomic E-state index is 11.7. The van der Waals surface area contributed by atoms with Crippen LogP contribution in [0, 0.1) is 0 Å². The van der Waals surface area contributed by atoms with Crippen molar-refractivity contribution in [1.29, 1.82) is 0 Å². The van der Waals surface area contributed by atoms with Gasteiger partial charge in [-0.15, -0.1) is 11.3 Å². The van der Waals surface area contributed by atoms with Gasteiger partial charge in [0.15, 0.2) is 0 Å². The van der Waals surface area contributed by atoms with Crippen LogP contribution >= 0.6 is 22.9 Å². The third-order valence-electron chi connectivity index (χ3n) is 5.07. The number of thiophene rings is 1. The molecule has 4 rings (SSSR count). The zero-order valence-corrected chi connectivity index (χ0v) is 18.6. The smallest absolute Gasteiger partial charge is 0.310 e.